The molecular formula is C9H15BrN2O. The largest absolute Gasteiger partial charge is 0.345 e. The Morgan fingerprint density at radius 2 is 2.23 bits per heavy atom. The predicted octanol–water partition coefficient (Wildman–Crippen LogP) is 1.92. The molecule has 0 radical (unpaired) electrons. The topological polar surface area (TPSA) is 44.1 Å². The van der Waals surface area contributed by atoms with E-state index >= 15 is 0 Å². The van der Waals surface area contributed by atoms with Crippen LogP contribution in [-0.2, 0) is 4.79 Å². The van der Waals surface area contributed by atoms with Gasteiger partial charge in [0.15, 0.2) is 0 Å². The van der Waals surface area contributed by atoms with Crippen molar-refractivity contribution >= 4 is 21.8 Å². The first-order chi connectivity index (χ1) is 6.22. The molecule has 0 N–H and O–H groups in total. The number of amides is 1. The molecule has 4 heteroatoms. The first-order valence-electron chi connectivity index (χ1n) is 4.39. The van der Waals surface area contributed by atoms with Crippen molar-refractivity contribution in [1.82, 2.24) is 4.90 Å². The SMILES string of the molecule is CN(CCC#N)C(=O)CCCCBr. The Morgan fingerprint density at radius 3 is 2.77 bits per heavy atom. The molecule has 74 valence electrons. The van der Waals surface area contributed by atoms with Crippen LogP contribution in [0.4, 0.5) is 0 Å². The van der Waals surface area contributed by atoms with Gasteiger partial charge in [-0.3, -0.25) is 4.79 Å². The highest BCUT2D eigenvalue weighted by Gasteiger charge is 2.06. The summed E-state index contributed by atoms with van der Waals surface area (Å²) in [5.74, 6) is 0.135. The van der Waals surface area contributed by atoms with Crippen molar-refractivity contribution in [2.45, 2.75) is 25.7 Å². The van der Waals surface area contributed by atoms with Gasteiger partial charge in [0.2, 0.25) is 5.91 Å². The van der Waals surface area contributed by atoms with Crippen LogP contribution in [0.2, 0.25) is 0 Å². The van der Waals surface area contributed by atoms with Crippen LogP contribution in [0.15, 0.2) is 0 Å². The molecule has 0 unspecified atom stereocenters. The third-order valence-corrected chi connectivity index (χ3v) is 2.32. The van der Waals surface area contributed by atoms with Gasteiger partial charge in [-0.05, 0) is 12.8 Å². The normalized spacial score (nSPS) is 9.31. The standard InChI is InChI=1S/C9H15BrN2O/c1-12(8-4-7-11)9(13)5-2-3-6-10/h2-6,8H2,1H3. The van der Waals surface area contributed by atoms with Crippen molar-refractivity contribution in [2.75, 3.05) is 18.9 Å². The zero-order chi connectivity index (χ0) is 10.1. The predicted molar refractivity (Wildman–Crippen MR) is 55.5 cm³/mol. The quantitative estimate of drug-likeness (QED) is 0.531. The molecule has 0 saturated heterocycles. The molecule has 0 aromatic carbocycles. The minimum absolute atomic E-state index is 0.135. The van der Waals surface area contributed by atoms with Crippen molar-refractivity contribution in [2.24, 2.45) is 0 Å². The van der Waals surface area contributed by atoms with Gasteiger partial charge >= 0.3 is 0 Å². The number of rotatable bonds is 6. The third-order valence-electron chi connectivity index (χ3n) is 1.76. The number of hydrogen-bond donors (Lipinski definition) is 0. The van der Waals surface area contributed by atoms with Crippen LogP contribution < -0.4 is 0 Å². The molecule has 0 aliphatic heterocycles. The molecule has 0 aromatic heterocycles. The first-order valence-corrected chi connectivity index (χ1v) is 5.51. The molecule has 0 atom stereocenters. The Bertz CT molecular complexity index is 189. The number of carbonyl (C=O) groups is 1. The minimum atomic E-state index is 0.135. The molecule has 0 aliphatic carbocycles. The highest BCUT2D eigenvalue weighted by atomic mass is 79.9. The molecule has 3 nitrogen and oxygen atoms in total. The van der Waals surface area contributed by atoms with Crippen LogP contribution in [0.1, 0.15) is 25.7 Å². The Kier molecular flexibility index (Phi) is 7.71. The number of alkyl halides is 1. The summed E-state index contributed by atoms with van der Waals surface area (Å²) in [5.41, 5.74) is 0. The van der Waals surface area contributed by atoms with E-state index in [4.69, 9.17) is 5.26 Å². The maximum absolute atomic E-state index is 11.3. The van der Waals surface area contributed by atoms with E-state index in [1.165, 1.54) is 0 Å². The van der Waals surface area contributed by atoms with Crippen LogP contribution in [0.25, 0.3) is 0 Å². The Labute approximate surface area is 87.8 Å². The fourth-order valence-electron chi connectivity index (χ4n) is 0.904. The van der Waals surface area contributed by atoms with Gasteiger partial charge in [-0.25, -0.2) is 0 Å². The van der Waals surface area contributed by atoms with Gasteiger partial charge in [0.1, 0.15) is 0 Å². The maximum atomic E-state index is 11.3. The lowest BCUT2D eigenvalue weighted by atomic mass is 10.2. The zero-order valence-corrected chi connectivity index (χ0v) is 9.51. The van der Waals surface area contributed by atoms with Gasteiger partial charge in [0.05, 0.1) is 12.5 Å². The van der Waals surface area contributed by atoms with Crippen LogP contribution >= 0.6 is 15.9 Å². The van der Waals surface area contributed by atoms with Crippen molar-refractivity contribution in [3.05, 3.63) is 0 Å². The first kappa shape index (κ1) is 12.4. The van der Waals surface area contributed by atoms with Crippen LogP contribution in [0, 0.1) is 11.3 Å². The molecule has 0 rings (SSSR count). The van der Waals surface area contributed by atoms with Crippen molar-refractivity contribution in [3.63, 3.8) is 0 Å². The zero-order valence-electron chi connectivity index (χ0n) is 7.92. The molecule has 0 fully saturated rings. The Balaban J connectivity index is 3.52. The molecule has 0 aliphatic rings. The fourth-order valence-corrected chi connectivity index (χ4v) is 1.30. The smallest absolute Gasteiger partial charge is 0.222 e. The third kappa shape index (κ3) is 6.59. The number of unbranched alkanes of at least 4 members (excludes halogenated alkanes) is 1. The molecular weight excluding hydrogens is 232 g/mol. The summed E-state index contributed by atoms with van der Waals surface area (Å²) in [5, 5.41) is 9.26. The fraction of sp³-hybridized carbons (Fsp3) is 0.778. The van der Waals surface area contributed by atoms with Crippen LogP contribution in [0.5, 0.6) is 0 Å². The van der Waals surface area contributed by atoms with Crippen molar-refractivity contribution in [1.29, 1.82) is 5.26 Å². The summed E-state index contributed by atoms with van der Waals surface area (Å²) in [6, 6.07) is 2.02. The number of nitriles is 1. The van der Waals surface area contributed by atoms with Gasteiger partial charge in [-0.15, -0.1) is 0 Å². The lowest BCUT2D eigenvalue weighted by molar-refractivity contribution is -0.129. The summed E-state index contributed by atoms with van der Waals surface area (Å²) >= 11 is 3.31. The van der Waals surface area contributed by atoms with E-state index in [2.05, 4.69) is 15.9 Å². The van der Waals surface area contributed by atoms with Gasteiger partial charge in [-0.2, -0.15) is 5.26 Å². The Hall–Kier alpha value is -0.560. The molecule has 0 saturated carbocycles. The van der Waals surface area contributed by atoms with Crippen LogP contribution in [0.3, 0.4) is 0 Å². The van der Waals surface area contributed by atoms with Crippen LogP contribution in [-0.4, -0.2) is 29.7 Å². The highest BCUT2D eigenvalue weighted by Crippen LogP contribution is 2.01. The molecule has 0 aromatic rings. The van der Waals surface area contributed by atoms with E-state index in [0.717, 1.165) is 18.2 Å². The summed E-state index contributed by atoms with van der Waals surface area (Å²) in [6.45, 7) is 0.545. The van der Waals surface area contributed by atoms with E-state index in [1.807, 2.05) is 6.07 Å². The average molecular weight is 247 g/mol. The molecule has 0 bridgehead atoms. The lowest BCUT2D eigenvalue weighted by Crippen LogP contribution is -2.27. The number of hydrogen-bond acceptors (Lipinski definition) is 2. The minimum Gasteiger partial charge on any atom is -0.345 e. The van der Waals surface area contributed by atoms with Crippen molar-refractivity contribution < 1.29 is 4.79 Å². The summed E-state index contributed by atoms with van der Waals surface area (Å²) in [4.78, 5) is 12.9. The monoisotopic (exact) mass is 246 g/mol. The molecule has 0 heterocycles. The maximum Gasteiger partial charge on any atom is 0.222 e. The lowest BCUT2D eigenvalue weighted by Gasteiger charge is -2.14. The molecule has 0 spiro atoms. The van der Waals surface area contributed by atoms with E-state index in [1.54, 1.807) is 11.9 Å². The number of halogens is 1. The van der Waals surface area contributed by atoms with Gasteiger partial charge in [0.25, 0.3) is 0 Å². The van der Waals surface area contributed by atoms with E-state index < -0.39 is 0 Å². The summed E-state index contributed by atoms with van der Waals surface area (Å²) in [7, 11) is 1.74. The highest BCUT2D eigenvalue weighted by molar-refractivity contribution is 9.09. The second-order valence-electron chi connectivity index (χ2n) is 2.87. The number of carbonyl (C=O) groups excluding carboxylic acids is 1. The van der Waals surface area contributed by atoms with Gasteiger partial charge < -0.3 is 4.90 Å². The summed E-state index contributed by atoms with van der Waals surface area (Å²) < 4.78 is 0. The van der Waals surface area contributed by atoms with Gasteiger partial charge in [0, 0.05) is 25.3 Å². The van der Waals surface area contributed by atoms with Crippen molar-refractivity contribution in [3.8, 4) is 6.07 Å². The summed E-state index contributed by atoms with van der Waals surface area (Å²) in [6.07, 6.45) is 2.95. The van der Waals surface area contributed by atoms with Gasteiger partial charge in [-0.1, -0.05) is 15.9 Å². The average Bonchev–Trinajstić information content (AvgIpc) is 2.14. The second-order valence-corrected chi connectivity index (χ2v) is 3.66. The molecule has 13 heavy (non-hydrogen) atoms. The second kappa shape index (κ2) is 8.06. The van der Waals surface area contributed by atoms with E-state index in [-0.39, 0.29) is 5.91 Å². The van der Waals surface area contributed by atoms with E-state index in [0.29, 0.717) is 19.4 Å². The van der Waals surface area contributed by atoms with E-state index in [9.17, 15) is 4.79 Å². The number of nitrogens with zero attached hydrogens (tertiary/aromatic N) is 2. The molecule has 1 amide bonds. The Morgan fingerprint density at radius 1 is 1.54 bits per heavy atom.